The average Bonchev–Trinajstić information content (AvgIpc) is 2.82. The normalized spacial score (nSPS) is 18.9. The summed E-state index contributed by atoms with van der Waals surface area (Å²) in [4.78, 5) is 10.9. The minimum atomic E-state index is -3.58. The van der Waals surface area contributed by atoms with Crippen molar-refractivity contribution in [2.45, 2.75) is 18.9 Å². The van der Waals surface area contributed by atoms with E-state index in [9.17, 15) is 13.2 Å². The zero-order chi connectivity index (χ0) is 14.8. The van der Waals surface area contributed by atoms with Crippen molar-refractivity contribution in [1.82, 2.24) is 0 Å². The summed E-state index contributed by atoms with van der Waals surface area (Å²) >= 11 is 5.72. The molecule has 0 bridgehead atoms. The molecule has 1 heterocycles. The van der Waals surface area contributed by atoms with Crippen LogP contribution in [0.5, 0.6) is 0 Å². The first-order valence-corrected chi connectivity index (χ1v) is 8.05. The van der Waals surface area contributed by atoms with E-state index < -0.39 is 16.0 Å². The highest BCUT2D eigenvalue weighted by atomic mass is 35.5. The van der Waals surface area contributed by atoms with E-state index in [0.29, 0.717) is 13.0 Å². The third-order valence-corrected chi connectivity index (χ3v) is 4.59. The van der Waals surface area contributed by atoms with E-state index in [1.54, 1.807) is 0 Å². The average molecular weight is 320 g/mol. The van der Waals surface area contributed by atoms with E-state index in [-0.39, 0.29) is 28.1 Å². The number of carbonyl (C=O) groups is 1. The third-order valence-electron chi connectivity index (χ3n) is 2.90. The van der Waals surface area contributed by atoms with Gasteiger partial charge in [-0.25, -0.2) is 13.2 Å². The van der Waals surface area contributed by atoms with E-state index in [1.165, 1.54) is 18.2 Å². The number of ether oxygens (including phenoxy) is 1. The second-order valence-corrected chi connectivity index (χ2v) is 6.69. The minimum absolute atomic E-state index is 0.0552. The van der Waals surface area contributed by atoms with E-state index >= 15 is 0 Å². The van der Waals surface area contributed by atoms with Crippen molar-refractivity contribution in [3.05, 3.63) is 28.8 Å². The van der Waals surface area contributed by atoms with Gasteiger partial charge in [0, 0.05) is 12.3 Å². The molecule has 20 heavy (non-hydrogen) atoms. The van der Waals surface area contributed by atoms with Gasteiger partial charge >= 0.3 is 5.97 Å². The predicted molar refractivity (Wildman–Crippen MR) is 74.8 cm³/mol. The van der Waals surface area contributed by atoms with Crippen LogP contribution in [0, 0.1) is 0 Å². The molecule has 1 fully saturated rings. The van der Waals surface area contributed by atoms with Crippen LogP contribution in [-0.2, 0) is 14.8 Å². The number of sulfonamides is 1. The van der Waals surface area contributed by atoms with Crippen LogP contribution in [0.25, 0.3) is 0 Å². The van der Waals surface area contributed by atoms with Gasteiger partial charge in [0.15, 0.2) is 0 Å². The summed E-state index contributed by atoms with van der Waals surface area (Å²) in [6, 6.07) is 3.95. The van der Waals surface area contributed by atoms with E-state index in [1.807, 2.05) is 0 Å². The van der Waals surface area contributed by atoms with Gasteiger partial charge in [-0.2, -0.15) is 0 Å². The van der Waals surface area contributed by atoms with Crippen LogP contribution >= 0.6 is 11.6 Å². The second-order valence-electron chi connectivity index (χ2n) is 4.52. The molecule has 1 aliphatic rings. The summed E-state index contributed by atoms with van der Waals surface area (Å²) in [5, 5.41) is 8.99. The Kier molecular flexibility index (Phi) is 4.52. The highest BCUT2D eigenvalue weighted by Crippen LogP contribution is 2.22. The number of benzene rings is 1. The van der Waals surface area contributed by atoms with Gasteiger partial charge in [0.2, 0.25) is 10.0 Å². The summed E-state index contributed by atoms with van der Waals surface area (Å²) < 4.78 is 31.5. The fraction of sp³-hybridized carbons (Fsp3) is 0.417. The molecule has 0 spiro atoms. The summed E-state index contributed by atoms with van der Waals surface area (Å²) in [5.74, 6) is -1.35. The molecule has 8 heteroatoms. The van der Waals surface area contributed by atoms with Crippen molar-refractivity contribution in [3.63, 3.8) is 0 Å². The van der Waals surface area contributed by atoms with Crippen molar-refractivity contribution in [1.29, 1.82) is 0 Å². The molecule has 6 nitrogen and oxygen atoms in total. The molecule has 1 unspecified atom stereocenters. The molecule has 0 saturated carbocycles. The molecular formula is C12H14ClNO5S. The Balaban J connectivity index is 2.12. The zero-order valence-corrected chi connectivity index (χ0v) is 12.1. The van der Waals surface area contributed by atoms with Gasteiger partial charge in [-0.05, 0) is 31.0 Å². The molecule has 110 valence electrons. The molecule has 1 aromatic rings. The monoisotopic (exact) mass is 319 g/mol. The van der Waals surface area contributed by atoms with Crippen molar-refractivity contribution in [2.24, 2.45) is 0 Å². The number of halogens is 1. The van der Waals surface area contributed by atoms with Gasteiger partial charge in [-0.3, -0.25) is 4.72 Å². The van der Waals surface area contributed by atoms with Crippen LogP contribution in [-0.4, -0.2) is 38.0 Å². The Morgan fingerprint density at radius 1 is 1.50 bits per heavy atom. The van der Waals surface area contributed by atoms with Gasteiger partial charge in [-0.1, -0.05) is 11.6 Å². The van der Waals surface area contributed by atoms with Crippen LogP contribution in [0.15, 0.2) is 18.2 Å². The van der Waals surface area contributed by atoms with Gasteiger partial charge in [-0.15, -0.1) is 0 Å². The molecule has 1 aromatic carbocycles. The standard InChI is InChI=1S/C12H14ClNO5S/c13-11-4-3-8(6-10(11)12(15)16)14-20(17,18)7-9-2-1-5-19-9/h3-4,6,9,14H,1-2,5,7H2,(H,15,16). The first-order chi connectivity index (χ1) is 9.37. The molecule has 0 aliphatic carbocycles. The quantitative estimate of drug-likeness (QED) is 0.865. The lowest BCUT2D eigenvalue weighted by Gasteiger charge is -2.12. The fourth-order valence-corrected chi connectivity index (χ4v) is 3.51. The predicted octanol–water partition coefficient (Wildman–Crippen LogP) is 1.96. The molecule has 2 N–H and O–H groups in total. The third kappa shape index (κ3) is 3.84. The highest BCUT2D eigenvalue weighted by Gasteiger charge is 2.23. The fourth-order valence-electron chi connectivity index (χ4n) is 1.99. The molecule has 0 aromatic heterocycles. The number of carboxylic acids is 1. The number of nitrogens with one attached hydrogen (secondary N) is 1. The number of hydrogen-bond donors (Lipinski definition) is 2. The molecule has 0 amide bonds. The largest absolute Gasteiger partial charge is 0.478 e. The molecule has 1 saturated heterocycles. The maximum absolute atomic E-state index is 12.0. The Bertz CT molecular complexity index is 610. The van der Waals surface area contributed by atoms with Gasteiger partial charge in [0.1, 0.15) is 0 Å². The van der Waals surface area contributed by atoms with E-state index in [2.05, 4.69) is 4.72 Å². The van der Waals surface area contributed by atoms with E-state index in [0.717, 1.165) is 6.42 Å². The number of rotatable bonds is 5. The summed E-state index contributed by atoms with van der Waals surface area (Å²) in [7, 11) is -3.58. The maximum Gasteiger partial charge on any atom is 0.337 e. The maximum atomic E-state index is 12.0. The van der Waals surface area contributed by atoms with Crippen molar-refractivity contribution < 1.29 is 23.1 Å². The number of hydrogen-bond acceptors (Lipinski definition) is 4. The van der Waals surface area contributed by atoms with E-state index in [4.69, 9.17) is 21.4 Å². The van der Waals surface area contributed by atoms with Crippen molar-refractivity contribution in [3.8, 4) is 0 Å². The first-order valence-electron chi connectivity index (χ1n) is 6.02. The molecule has 1 atom stereocenters. The topological polar surface area (TPSA) is 92.7 Å². The lowest BCUT2D eigenvalue weighted by atomic mass is 10.2. The molecule has 1 aliphatic heterocycles. The van der Waals surface area contributed by atoms with Crippen molar-refractivity contribution >= 4 is 33.3 Å². The van der Waals surface area contributed by atoms with Crippen molar-refractivity contribution in [2.75, 3.05) is 17.1 Å². The van der Waals surface area contributed by atoms with Crippen LogP contribution in [0.2, 0.25) is 5.02 Å². The van der Waals surface area contributed by atoms with Crippen LogP contribution in [0.3, 0.4) is 0 Å². The number of anilines is 1. The van der Waals surface area contributed by atoms with Crippen LogP contribution in [0.1, 0.15) is 23.2 Å². The smallest absolute Gasteiger partial charge is 0.337 e. The van der Waals surface area contributed by atoms with Gasteiger partial charge in [0.25, 0.3) is 0 Å². The number of aromatic carboxylic acids is 1. The Hall–Kier alpha value is -1.31. The summed E-state index contributed by atoms with van der Waals surface area (Å²) in [6.07, 6.45) is 1.25. The SMILES string of the molecule is O=C(O)c1cc(NS(=O)(=O)CC2CCCO2)ccc1Cl. The minimum Gasteiger partial charge on any atom is -0.478 e. The summed E-state index contributed by atoms with van der Waals surface area (Å²) in [6.45, 7) is 0.574. The summed E-state index contributed by atoms with van der Waals surface area (Å²) in [5.41, 5.74) is 0.0220. The van der Waals surface area contributed by atoms with Gasteiger partial charge < -0.3 is 9.84 Å². The van der Waals surface area contributed by atoms with Gasteiger partial charge in [0.05, 0.1) is 22.4 Å². The first kappa shape index (κ1) is 15.1. The molecule has 0 radical (unpaired) electrons. The second kappa shape index (κ2) is 5.99. The number of carboxylic acid groups (broad SMARTS) is 1. The zero-order valence-electron chi connectivity index (χ0n) is 10.5. The molecular weight excluding hydrogens is 306 g/mol. The Morgan fingerprint density at radius 3 is 2.85 bits per heavy atom. The Morgan fingerprint density at radius 2 is 2.25 bits per heavy atom. The Labute approximate surface area is 121 Å². The van der Waals surface area contributed by atoms with Crippen LogP contribution < -0.4 is 4.72 Å². The lowest BCUT2D eigenvalue weighted by molar-refractivity contribution is 0.0697. The van der Waals surface area contributed by atoms with Crippen LogP contribution in [0.4, 0.5) is 5.69 Å². The lowest BCUT2D eigenvalue weighted by Crippen LogP contribution is -2.25. The molecule has 2 rings (SSSR count). The highest BCUT2D eigenvalue weighted by molar-refractivity contribution is 7.92.